The van der Waals surface area contributed by atoms with Crippen molar-refractivity contribution in [2.24, 2.45) is 17.8 Å². The Balaban J connectivity index is 1.05. The highest BCUT2D eigenvalue weighted by Crippen LogP contribution is 2.61. The molecule has 47 heavy (non-hydrogen) atoms. The van der Waals surface area contributed by atoms with Gasteiger partial charge in [-0.25, -0.2) is 0 Å². The zero-order valence-corrected chi connectivity index (χ0v) is 26.9. The predicted octanol–water partition coefficient (Wildman–Crippen LogP) is 12.6. The van der Waals surface area contributed by atoms with Gasteiger partial charge in [0.15, 0.2) is 0 Å². The van der Waals surface area contributed by atoms with Gasteiger partial charge in [0.1, 0.15) is 0 Å². The van der Waals surface area contributed by atoms with E-state index >= 15 is 0 Å². The molecule has 4 aliphatic carbocycles. The number of anilines is 3. The first-order chi connectivity index (χ1) is 23.2. The molecule has 6 aromatic carbocycles. The lowest BCUT2D eigenvalue weighted by Crippen LogP contribution is -2.48. The molecule has 0 unspecified atom stereocenters. The van der Waals surface area contributed by atoms with Crippen molar-refractivity contribution in [2.75, 3.05) is 4.90 Å². The lowest BCUT2D eigenvalue weighted by molar-refractivity contribution is -0.00516. The molecule has 0 amide bonds. The van der Waals surface area contributed by atoms with Gasteiger partial charge in [-0.1, -0.05) is 121 Å². The van der Waals surface area contributed by atoms with Crippen molar-refractivity contribution < 1.29 is 0 Å². The molecule has 0 atom stereocenters. The average Bonchev–Trinajstić information content (AvgIpc) is 3.13. The highest BCUT2D eigenvalue weighted by Gasteiger charge is 2.51. The summed E-state index contributed by atoms with van der Waals surface area (Å²) in [4.78, 5) is 2.37. The van der Waals surface area contributed by atoms with Gasteiger partial charge in [0.25, 0.3) is 0 Å². The molecule has 0 saturated heterocycles. The topological polar surface area (TPSA) is 3.24 Å². The van der Waals surface area contributed by atoms with Crippen LogP contribution in [0.5, 0.6) is 0 Å². The number of nitrogens with zero attached hydrogens (tertiary/aromatic N) is 1. The molecule has 4 bridgehead atoms. The summed E-state index contributed by atoms with van der Waals surface area (Å²) in [6.45, 7) is 0. The molecule has 4 saturated carbocycles. The van der Waals surface area contributed by atoms with Crippen LogP contribution in [0.3, 0.4) is 0 Å². The van der Waals surface area contributed by atoms with Gasteiger partial charge in [-0.15, -0.1) is 0 Å². The lowest BCUT2D eigenvalue weighted by atomic mass is 9.48. The maximum Gasteiger partial charge on any atom is 0.0462 e. The third kappa shape index (κ3) is 5.38. The summed E-state index contributed by atoms with van der Waals surface area (Å²) in [5.41, 5.74) is 13.0. The van der Waals surface area contributed by atoms with Crippen molar-refractivity contribution in [1.82, 2.24) is 0 Å². The first-order valence-corrected chi connectivity index (χ1v) is 17.5. The van der Waals surface area contributed by atoms with Crippen molar-refractivity contribution in [3.63, 3.8) is 0 Å². The first-order valence-electron chi connectivity index (χ1n) is 17.5. The molecule has 1 heteroatoms. The van der Waals surface area contributed by atoms with Crippen molar-refractivity contribution >= 4 is 17.1 Å². The summed E-state index contributed by atoms with van der Waals surface area (Å²) < 4.78 is 0. The largest absolute Gasteiger partial charge is 0.311 e. The predicted molar refractivity (Wildman–Crippen MR) is 197 cm³/mol. The van der Waals surface area contributed by atoms with E-state index in [2.05, 4.69) is 163 Å². The van der Waals surface area contributed by atoms with E-state index in [9.17, 15) is 0 Å². The molecular formula is C46H41N. The fourth-order valence-electron chi connectivity index (χ4n) is 9.61. The van der Waals surface area contributed by atoms with Gasteiger partial charge in [0, 0.05) is 17.1 Å². The summed E-state index contributed by atoms with van der Waals surface area (Å²) in [5, 5.41) is 0. The van der Waals surface area contributed by atoms with Gasteiger partial charge in [0.05, 0.1) is 0 Å². The van der Waals surface area contributed by atoms with E-state index < -0.39 is 0 Å². The van der Waals surface area contributed by atoms with Crippen molar-refractivity contribution in [2.45, 2.75) is 43.9 Å². The minimum Gasteiger partial charge on any atom is -0.311 e. The van der Waals surface area contributed by atoms with E-state index in [0.717, 1.165) is 34.8 Å². The van der Waals surface area contributed by atoms with Crippen LogP contribution < -0.4 is 4.90 Å². The monoisotopic (exact) mass is 607 g/mol. The molecule has 0 N–H and O–H groups in total. The van der Waals surface area contributed by atoms with Crippen LogP contribution in [0.2, 0.25) is 0 Å². The smallest absolute Gasteiger partial charge is 0.0462 e. The van der Waals surface area contributed by atoms with Gasteiger partial charge in [-0.2, -0.15) is 0 Å². The van der Waals surface area contributed by atoms with E-state index in [0.29, 0.717) is 5.41 Å². The van der Waals surface area contributed by atoms with E-state index in [1.807, 2.05) is 0 Å². The Kier molecular flexibility index (Phi) is 7.08. The van der Waals surface area contributed by atoms with Gasteiger partial charge >= 0.3 is 0 Å². The number of benzene rings is 6. The van der Waals surface area contributed by atoms with Gasteiger partial charge in [-0.05, 0) is 137 Å². The Labute approximate surface area is 279 Å². The van der Waals surface area contributed by atoms with Crippen LogP contribution in [-0.4, -0.2) is 0 Å². The third-order valence-corrected chi connectivity index (χ3v) is 11.4. The quantitative estimate of drug-likeness (QED) is 0.174. The Bertz CT molecular complexity index is 1850. The molecule has 10 rings (SSSR count). The maximum atomic E-state index is 2.53. The Morgan fingerprint density at radius 2 is 0.723 bits per heavy atom. The lowest BCUT2D eigenvalue weighted by Gasteiger charge is -2.57. The zero-order valence-electron chi connectivity index (χ0n) is 26.9. The van der Waals surface area contributed by atoms with E-state index in [4.69, 9.17) is 0 Å². The van der Waals surface area contributed by atoms with E-state index in [1.54, 1.807) is 5.56 Å². The Morgan fingerprint density at radius 1 is 0.362 bits per heavy atom. The number of rotatable bonds is 7. The molecule has 0 radical (unpaired) electrons. The summed E-state index contributed by atoms with van der Waals surface area (Å²) >= 11 is 0. The average molecular weight is 608 g/mol. The van der Waals surface area contributed by atoms with E-state index in [1.165, 1.54) is 71.9 Å². The Hall–Kier alpha value is -4.88. The molecule has 0 aliphatic heterocycles. The second-order valence-corrected chi connectivity index (χ2v) is 14.5. The third-order valence-electron chi connectivity index (χ3n) is 11.4. The van der Waals surface area contributed by atoms with Crippen LogP contribution in [0.15, 0.2) is 158 Å². The standard InChI is InChI=1S/C46H41N/c1-3-8-36(9-4-1)38-14-20-43(21-15-38)47(44-22-16-39(17-23-44)37-10-5-2-6-11-37)45-24-18-40(19-25-45)41-12-7-13-42(29-41)46-30-33-26-34(31-46)28-35(27-33)32-46/h1-25,29,33-35H,26-28,30-32H2. The molecule has 6 aromatic rings. The van der Waals surface area contributed by atoms with Crippen molar-refractivity contribution in [3.8, 4) is 33.4 Å². The van der Waals surface area contributed by atoms with Crippen molar-refractivity contribution in [1.29, 1.82) is 0 Å². The number of hydrogen-bond acceptors (Lipinski definition) is 1. The normalized spacial score (nSPS) is 22.7. The summed E-state index contributed by atoms with van der Waals surface area (Å²) in [5.74, 6) is 2.87. The molecule has 1 nitrogen and oxygen atoms in total. The second kappa shape index (κ2) is 11.7. The molecule has 0 heterocycles. The zero-order chi connectivity index (χ0) is 31.2. The maximum absolute atomic E-state index is 2.53. The Morgan fingerprint density at radius 3 is 1.15 bits per heavy atom. The van der Waals surface area contributed by atoms with Gasteiger partial charge in [0.2, 0.25) is 0 Å². The summed E-state index contributed by atoms with van der Waals surface area (Å²) in [7, 11) is 0. The highest BCUT2D eigenvalue weighted by molar-refractivity contribution is 5.81. The highest BCUT2D eigenvalue weighted by atomic mass is 15.1. The summed E-state index contributed by atoms with van der Waals surface area (Å²) in [6, 6.07) is 58.0. The molecule has 4 fully saturated rings. The minimum absolute atomic E-state index is 0.416. The SMILES string of the molecule is c1ccc(-c2ccc(N(c3ccc(-c4ccccc4)cc3)c3ccc(-c4cccc(C56CC7CC(CC(C7)C5)C6)c4)cc3)cc2)cc1. The second-order valence-electron chi connectivity index (χ2n) is 14.5. The molecule has 230 valence electrons. The van der Waals surface area contributed by atoms with Crippen LogP contribution >= 0.6 is 0 Å². The molecular weight excluding hydrogens is 567 g/mol. The molecule has 0 spiro atoms. The van der Waals surface area contributed by atoms with Crippen LogP contribution in [-0.2, 0) is 5.41 Å². The minimum atomic E-state index is 0.416. The fraction of sp³-hybridized carbons (Fsp3) is 0.217. The fourth-order valence-corrected chi connectivity index (χ4v) is 9.61. The first kappa shape index (κ1) is 28.4. The van der Waals surface area contributed by atoms with Crippen molar-refractivity contribution in [3.05, 3.63) is 163 Å². The van der Waals surface area contributed by atoms with Crippen LogP contribution in [0.1, 0.15) is 44.1 Å². The van der Waals surface area contributed by atoms with Crippen LogP contribution in [0, 0.1) is 17.8 Å². The summed E-state index contributed by atoms with van der Waals surface area (Å²) in [6.07, 6.45) is 8.68. The molecule has 0 aromatic heterocycles. The van der Waals surface area contributed by atoms with Gasteiger partial charge in [-0.3, -0.25) is 0 Å². The number of hydrogen-bond donors (Lipinski definition) is 0. The molecule has 4 aliphatic rings. The van der Waals surface area contributed by atoms with E-state index in [-0.39, 0.29) is 0 Å². The van der Waals surface area contributed by atoms with Gasteiger partial charge < -0.3 is 4.90 Å². The van der Waals surface area contributed by atoms with Crippen LogP contribution in [0.25, 0.3) is 33.4 Å². The van der Waals surface area contributed by atoms with Crippen LogP contribution in [0.4, 0.5) is 17.1 Å².